The highest BCUT2D eigenvalue weighted by Crippen LogP contribution is 2.26. The van der Waals surface area contributed by atoms with E-state index in [2.05, 4.69) is 32.5 Å². The molecule has 3 aromatic rings. The van der Waals surface area contributed by atoms with Crippen molar-refractivity contribution in [1.29, 1.82) is 0 Å². The highest BCUT2D eigenvalue weighted by Gasteiger charge is 2.21. The Labute approximate surface area is 148 Å². The van der Waals surface area contributed by atoms with Gasteiger partial charge in [0.15, 0.2) is 0 Å². The molecule has 1 aliphatic rings. The number of thiophene rings is 1. The van der Waals surface area contributed by atoms with Crippen LogP contribution in [0.1, 0.15) is 18.5 Å². The maximum Gasteiger partial charge on any atom is 0.227 e. The molecule has 122 valence electrons. The molecule has 4 rings (SSSR count). The zero-order valence-electron chi connectivity index (χ0n) is 13.1. The fourth-order valence-electron chi connectivity index (χ4n) is 2.78. The van der Waals surface area contributed by atoms with E-state index in [-0.39, 0.29) is 5.91 Å². The van der Waals surface area contributed by atoms with Crippen LogP contribution in [0.15, 0.2) is 46.5 Å². The minimum atomic E-state index is 0.221. The van der Waals surface area contributed by atoms with Gasteiger partial charge < -0.3 is 10.2 Å². The summed E-state index contributed by atoms with van der Waals surface area (Å²) in [5.74, 6) is 0.221. The second-order valence-electron chi connectivity index (χ2n) is 5.71. The van der Waals surface area contributed by atoms with E-state index in [1.165, 1.54) is 5.56 Å². The summed E-state index contributed by atoms with van der Waals surface area (Å²) >= 11 is 3.36. The lowest BCUT2D eigenvalue weighted by molar-refractivity contribution is -0.117. The average molecular weight is 355 g/mol. The smallest absolute Gasteiger partial charge is 0.227 e. The number of anilines is 2. The number of thiazole rings is 1. The Bertz CT molecular complexity index is 824. The lowest BCUT2D eigenvalue weighted by atomic mass is 10.2. The molecule has 0 saturated carbocycles. The lowest BCUT2D eigenvalue weighted by Crippen LogP contribution is -2.23. The molecule has 1 aliphatic heterocycles. The number of rotatable bonds is 5. The number of carbonyl (C=O) groups excluding carboxylic acids is 1. The first kappa shape index (κ1) is 15.4. The molecular formula is C18H17N3OS2. The van der Waals surface area contributed by atoms with Gasteiger partial charge in [0.25, 0.3) is 0 Å². The molecule has 1 amide bonds. The summed E-state index contributed by atoms with van der Waals surface area (Å²) in [6.45, 7) is 1.53. The van der Waals surface area contributed by atoms with E-state index < -0.39 is 0 Å². The molecule has 0 radical (unpaired) electrons. The second kappa shape index (κ2) is 6.75. The van der Waals surface area contributed by atoms with Crippen LogP contribution in [-0.4, -0.2) is 17.4 Å². The van der Waals surface area contributed by atoms with Crippen LogP contribution in [0.3, 0.4) is 0 Å². The van der Waals surface area contributed by atoms with Gasteiger partial charge >= 0.3 is 0 Å². The largest absolute Gasteiger partial charge is 0.379 e. The lowest BCUT2D eigenvalue weighted by Gasteiger charge is -2.16. The Morgan fingerprint density at radius 2 is 2.04 bits per heavy atom. The van der Waals surface area contributed by atoms with Gasteiger partial charge in [-0.3, -0.25) is 4.79 Å². The third-order valence-electron chi connectivity index (χ3n) is 4.05. The number of hydrogen-bond acceptors (Lipinski definition) is 5. The molecule has 0 spiro atoms. The van der Waals surface area contributed by atoms with Crippen LogP contribution in [0.5, 0.6) is 0 Å². The number of amides is 1. The Morgan fingerprint density at radius 3 is 2.75 bits per heavy atom. The third kappa shape index (κ3) is 3.20. The monoisotopic (exact) mass is 355 g/mol. The number of aromatic nitrogens is 1. The maximum absolute atomic E-state index is 11.8. The minimum absolute atomic E-state index is 0.221. The summed E-state index contributed by atoms with van der Waals surface area (Å²) < 4.78 is 0. The SMILES string of the molecule is O=C1CCCN1c1ccc(NCc2csc(-c3ccsc3)n2)cc1. The van der Waals surface area contributed by atoms with Gasteiger partial charge in [-0.15, -0.1) is 11.3 Å². The van der Waals surface area contributed by atoms with Gasteiger partial charge in [-0.05, 0) is 42.1 Å². The van der Waals surface area contributed by atoms with Crippen LogP contribution in [0.4, 0.5) is 11.4 Å². The van der Waals surface area contributed by atoms with Crippen molar-refractivity contribution in [1.82, 2.24) is 4.98 Å². The summed E-state index contributed by atoms with van der Waals surface area (Å²) in [5, 5.41) is 10.7. The summed E-state index contributed by atoms with van der Waals surface area (Å²) in [5.41, 5.74) is 4.25. The highest BCUT2D eigenvalue weighted by atomic mass is 32.1. The summed E-state index contributed by atoms with van der Waals surface area (Å²) in [4.78, 5) is 18.3. The van der Waals surface area contributed by atoms with Crippen molar-refractivity contribution in [3.63, 3.8) is 0 Å². The molecule has 6 heteroatoms. The number of hydrogen-bond donors (Lipinski definition) is 1. The molecule has 1 saturated heterocycles. The summed E-state index contributed by atoms with van der Waals surface area (Å²) in [6, 6.07) is 10.1. The zero-order chi connectivity index (χ0) is 16.4. The molecule has 1 fully saturated rings. The van der Waals surface area contributed by atoms with E-state index in [9.17, 15) is 4.79 Å². The molecule has 0 unspecified atom stereocenters. The van der Waals surface area contributed by atoms with E-state index in [1.807, 2.05) is 29.2 Å². The van der Waals surface area contributed by atoms with Gasteiger partial charge in [0.1, 0.15) is 5.01 Å². The van der Waals surface area contributed by atoms with Gasteiger partial charge in [-0.1, -0.05) is 0 Å². The van der Waals surface area contributed by atoms with Gasteiger partial charge in [-0.2, -0.15) is 11.3 Å². The maximum atomic E-state index is 11.8. The van der Waals surface area contributed by atoms with Crippen molar-refractivity contribution in [3.05, 3.63) is 52.2 Å². The van der Waals surface area contributed by atoms with Gasteiger partial charge in [-0.25, -0.2) is 4.98 Å². The summed E-state index contributed by atoms with van der Waals surface area (Å²) in [6.07, 6.45) is 1.62. The van der Waals surface area contributed by atoms with Crippen molar-refractivity contribution >= 4 is 40.0 Å². The predicted octanol–water partition coefficient (Wildman–Crippen LogP) is 4.61. The Balaban J connectivity index is 1.38. The van der Waals surface area contributed by atoms with Crippen molar-refractivity contribution in [2.24, 2.45) is 0 Å². The van der Waals surface area contributed by atoms with Crippen LogP contribution in [0, 0.1) is 0 Å². The Morgan fingerprint density at radius 1 is 1.17 bits per heavy atom. The molecule has 0 aliphatic carbocycles. The molecule has 2 aromatic heterocycles. The van der Waals surface area contributed by atoms with Gasteiger partial charge in [0.05, 0.1) is 12.2 Å². The molecule has 3 heterocycles. The van der Waals surface area contributed by atoms with E-state index in [4.69, 9.17) is 0 Å². The predicted molar refractivity (Wildman–Crippen MR) is 101 cm³/mol. The number of nitrogens with one attached hydrogen (secondary N) is 1. The Hall–Kier alpha value is -2.18. The highest BCUT2D eigenvalue weighted by molar-refractivity contribution is 7.14. The van der Waals surface area contributed by atoms with E-state index >= 15 is 0 Å². The normalized spacial score (nSPS) is 14.3. The van der Waals surface area contributed by atoms with E-state index in [1.54, 1.807) is 22.7 Å². The van der Waals surface area contributed by atoms with E-state index in [0.717, 1.165) is 35.0 Å². The molecule has 0 bridgehead atoms. The molecular weight excluding hydrogens is 338 g/mol. The molecule has 1 N–H and O–H groups in total. The van der Waals surface area contributed by atoms with Crippen molar-refractivity contribution in [2.45, 2.75) is 19.4 Å². The van der Waals surface area contributed by atoms with Crippen LogP contribution >= 0.6 is 22.7 Å². The minimum Gasteiger partial charge on any atom is -0.379 e. The first-order valence-corrected chi connectivity index (χ1v) is 9.73. The number of benzene rings is 1. The number of nitrogens with zero attached hydrogens (tertiary/aromatic N) is 2. The van der Waals surface area contributed by atoms with Crippen molar-refractivity contribution < 1.29 is 4.79 Å². The van der Waals surface area contributed by atoms with Crippen LogP contribution in [0.25, 0.3) is 10.6 Å². The molecule has 4 nitrogen and oxygen atoms in total. The fraction of sp³-hybridized carbons (Fsp3) is 0.222. The first-order chi connectivity index (χ1) is 11.8. The molecule has 24 heavy (non-hydrogen) atoms. The van der Waals surface area contributed by atoms with Gasteiger partial charge in [0.2, 0.25) is 5.91 Å². The van der Waals surface area contributed by atoms with Crippen LogP contribution in [-0.2, 0) is 11.3 Å². The van der Waals surface area contributed by atoms with Crippen LogP contribution in [0.2, 0.25) is 0 Å². The molecule has 0 atom stereocenters. The number of carbonyl (C=O) groups is 1. The average Bonchev–Trinajstić information content (AvgIpc) is 3.35. The quantitative estimate of drug-likeness (QED) is 0.727. The third-order valence-corrected chi connectivity index (χ3v) is 5.67. The second-order valence-corrected chi connectivity index (χ2v) is 7.34. The van der Waals surface area contributed by atoms with Crippen LogP contribution < -0.4 is 10.2 Å². The van der Waals surface area contributed by atoms with Crippen molar-refractivity contribution in [2.75, 3.05) is 16.8 Å². The topological polar surface area (TPSA) is 45.2 Å². The summed E-state index contributed by atoms with van der Waals surface area (Å²) in [7, 11) is 0. The Kier molecular flexibility index (Phi) is 4.32. The zero-order valence-corrected chi connectivity index (χ0v) is 14.7. The van der Waals surface area contributed by atoms with E-state index in [0.29, 0.717) is 13.0 Å². The first-order valence-electron chi connectivity index (χ1n) is 7.91. The van der Waals surface area contributed by atoms with Crippen molar-refractivity contribution in [3.8, 4) is 10.6 Å². The molecule has 1 aromatic carbocycles. The fourth-order valence-corrected chi connectivity index (χ4v) is 4.31. The standard InChI is InChI=1S/C18H17N3OS2/c22-17-2-1-8-21(17)16-5-3-14(4-6-16)19-10-15-12-24-18(20-15)13-7-9-23-11-13/h3-7,9,11-12,19H,1-2,8,10H2. The van der Waals surface area contributed by atoms with Gasteiger partial charge in [0, 0.05) is 40.7 Å².